The van der Waals surface area contributed by atoms with Gasteiger partial charge in [-0.25, -0.2) is 0 Å². The highest BCUT2D eigenvalue weighted by atomic mass is 16.5. The smallest absolute Gasteiger partial charge is 0.219 e. The van der Waals surface area contributed by atoms with Crippen LogP contribution in [0.4, 0.5) is 0 Å². The number of methoxy groups -OCH3 is 1. The van der Waals surface area contributed by atoms with E-state index in [9.17, 15) is 4.79 Å². The third-order valence-electron chi connectivity index (χ3n) is 3.50. The monoisotopic (exact) mass is 233 g/mol. The van der Waals surface area contributed by atoms with Gasteiger partial charge in [-0.3, -0.25) is 4.79 Å². The average Bonchev–Trinajstić information content (AvgIpc) is 2.36. The first-order valence-corrected chi connectivity index (χ1v) is 6.11. The van der Waals surface area contributed by atoms with Crippen molar-refractivity contribution in [3.05, 3.63) is 29.3 Å². The largest absolute Gasteiger partial charge is 0.497 e. The molecule has 92 valence electrons. The summed E-state index contributed by atoms with van der Waals surface area (Å²) in [7, 11) is 1.67. The average molecular weight is 233 g/mol. The Morgan fingerprint density at radius 3 is 2.88 bits per heavy atom. The highest BCUT2D eigenvalue weighted by Crippen LogP contribution is 2.34. The van der Waals surface area contributed by atoms with Gasteiger partial charge in [-0.2, -0.15) is 0 Å². The van der Waals surface area contributed by atoms with E-state index in [-0.39, 0.29) is 11.9 Å². The van der Waals surface area contributed by atoms with Crippen LogP contribution >= 0.6 is 0 Å². The van der Waals surface area contributed by atoms with Crippen LogP contribution in [-0.2, 0) is 11.2 Å². The Balaban J connectivity index is 2.41. The minimum Gasteiger partial charge on any atom is -0.497 e. The number of carbonyl (C=O) groups is 1. The Bertz CT molecular complexity index is 428. The number of hydrogen-bond acceptors (Lipinski definition) is 2. The van der Waals surface area contributed by atoms with Crippen molar-refractivity contribution in [3.8, 4) is 5.75 Å². The molecule has 1 aromatic rings. The topological polar surface area (TPSA) is 29.5 Å². The second-order valence-electron chi connectivity index (χ2n) is 4.45. The second kappa shape index (κ2) is 4.78. The number of hydrogen-bond donors (Lipinski definition) is 0. The number of fused-ring (bicyclic) bond motifs is 1. The van der Waals surface area contributed by atoms with Crippen LogP contribution in [0.25, 0.3) is 0 Å². The summed E-state index contributed by atoms with van der Waals surface area (Å²) in [5.74, 6) is 1.03. The van der Waals surface area contributed by atoms with Crippen molar-refractivity contribution < 1.29 is 9.53 Å². The maximum atomic E-state index is 11.6. The fourth-order valence-electron chi connectivity index (χ4n) is 2.62. The molecular weight excluding hydrogens is 214 g/mol. The quantitative estimate of drug-likeness (QED) is 0.785. The molecule has 0 aliphatic carbocycles. The summed E-state index contributed by atoms with van der Waals surface area (Å²) in [6.45, 7) is 4.59. The fraction of sp³-hybridized carbons (Fsp3) is 0.500. The van der Waals surface area contributed by atoms with Gasteiger partial charge < -0.3 is 9.64 Å². The van der Waals surface area contributed by atoms with Crippen LogP contribution in [-0.4, -0.2) is 24.5 Å². The van der Waals surface area contributed by atoms with Crippen LogP contribution < -0.4 is 4.74 Å². The molecule has 0 radical (unpaired) electrons. The van der Waals surface area contributed by atoms with Crippen molar-refractivity contribution in [1.29, 1.82) is 0 Å². The third-order valence-corrected chi connectivity index (χ3v) is 3.50. The van der Waals surface area contributed by atoms with Crippen molar-refractivity contribution >= 4 is 5.91 Å². The van der Waals surface area contributed by atoms with Crippen LogP contribution in [0, 0.1) is 0 Å². The molecule has 1 aliphatic heterocycles. The number of rotatable bonds is 2. The van der Waals surface area contributed by atoms with E-state index >= 15 is 0 Å². The summed E-state index contributed by atoms with van der Waals surface area (Å²) in [5, 5.41) is 0. The maximum Gasteiger partial charge on any atom is 0.219 e. The third kappa shape index (κ3) is 2.14. The molecule has 0 spiro atoms. The van der Waals surface area contributed by atoms with Gasteiger partial charge in [0.25, 0.3) is 0 Å². The summed E-state index contributed by atoms with van der Waals surface area (Å²) >= 11 is 0. The molecule has 0 bridgehead atoms. The highest BCUT2D eigenvalue weighted by molar-refractivity contribution is 5.74. The van der Waals surface area contributed by atoms with Crippen LogP contribution in [0.2, 0.25) is 0 Å². The second-order valence-corrected chi connectivity index (χ2v) is 4.45. The SMILES string of the molecule is CCC1c2cc(OC)ccc2CCN1C(C)=O. The Morgan fingerprint density at radius 2 is 2.29 bits per heavy atom. The number of ether oxygens (including phenoxy) is 1. The lowest BCUT2D eigenvalue weighted by Crippen LogP contribution is -2.38. The number of benzene rings is 1. The highest BCUT2D eigenvalue weighted by Gasteiger charge is 2.27. The normalized spacial score (nSPS) is 18.8. The number of amides is 1. The molecule has 0 saturated heterocycles. The molecular formula is C14H19NO2. The lowest BCUT2D eigenvalue weighted by molar-refractivity contribution is -0.131. The summed E-state index contributed by atoms with van der Waals surface area (Å²) in [5.41, 5.74) is 2.59. The number of nitrogens with zero attached hydrogens (tertiary/aromatic N) is 1. The van der Waals surface area contributed by atoms with Crippen LogP contribution in [0.15, 0.2) is 18.2 Å². The van der Waals surface area contributed by atoms with Gasteiger partial charge in [0.1, 0.15) is 5.75 Å². The van der Waals surface area contributed by atoms with Crippen molar-refractivity contribution in [1.82, 2.24) is 4.90 Å². The van der Waals surface area contributed by atoms with Crippen LogP contribution in [0.5, 0.6) is 5.75 Å². The van der Waals surface area contributed by atoms with E-state index in [4.69, 9.17) is 4.74 Å². The summed E-state index contributed by atoms with van der Waals surface area (Å²) in [6, 6.07) is 6.38. The molecule has 2 rings (SSSR count). The Morgan fingerprint density at radius 1 is 1.53 bits per heavy atom. The number of carbonyl (C=O) groups excluding carboxylic acids is 1. The van der Waals surface area contributed by atoms with E-state index in [1.165, 1.54) is 11.1 Å². The maximum absolute atomic E-state index is 11.6. The molecule has 1 heterocycles. The standard InChI is InChI=1S/C14H19NO2/c1-4-14-13-9-12(17-3)6-5-11(13)7-8-15(14)10(2)16/h5-6,9,14H,4,7-8H2,1-3H3. The first-order valence-electron chi connectivity index (χ1n) is 6.11. The van der Waals surface area contributed by atoms with Gasteiger partial charge in [-0.05, 0) is 36.1 Å². The molecule has 1 amide bonds. The van der Waals surface area contributed by atoms with Gasteiger partial charge in [0.15, 0.2) is 0 Å². The molecule has 3 nitrogen and oxygen atoms in total. The first-order chi connectivity index (χ1) is 8.17. The molecule has 17 heavy (non-hydrogen) atoms. The van der Waals surface area contributed by atoms with E-state index in [2.05, 4.69) is 19.1 Å². The molecule has 0 aromatic heterocycles. The zero-order valence-electron chi connectivity index (χ0n) is 10.7. The molecule has 1 unspecified atom stereocenters. The molecule has 0 saturated carbocycles. The Hall–Kier alpha value is -1.51. The first kappa shape index (κ1) is 12.0. The van der Waals surface area contributed by atoms with Gasteiger partial charge in [0.2, 0.25) is 5.91 Å². The minimum absolute atomic E-state index is 0.158. The van der Waals surface area contributed by atoms with E-state index in [0.717, 1.165) is 25.1 Å². The van der Waals surface area contributed by atoms with Gasteiger partial charge in [-0.1, -0.05) is 13.0 Å². The predicted octanol–water partition coefficient (Wildman–Crippen LogP) is 2.55. The van der Waals surface area contributed by atoms with Gasteiger partial charge >= 0.3 is 0 Å². The lowest BCUT2D eigenvalue weighted by atomic mass is 9.91. The minimum atomic E-state index is 0.158. The molecule has 1 aliphatic rings. The predicted molar refractivity (Wildman–Crippen MR) is 67.1 cm³/mol. The molecule has 3 heteroatoms. The molecule has 0 fully saturated rings. The zero-order chi connectivity index (χ0) is 12.4. The lowest BCUT2D eigenvalue weighted by Gasteiger charge is -2.36. The molecule has 1 atom stereocenters. The van der Waals surface area contributed by atoms with Crippen molar-refractivity contribution in [2.24, 2.45) is 0 Å². The molecule has 0 N–H and O–H groups in total. The summed E-state index contributed by atoms with van der Waals surface area (Å²) in [6.07, 6.45) is 1.88. The van der Waals surface area contributed by atoms with E-state index < -0.39 is 0 Å². The van der Waals surface area contributed by atoms with Crippen molar-refractivity contribution in [2.75, 3.05) is 13.7 Å². The van der Waals surface area contributed by atoms with Crippen molar-refractivity contribution in [2.45, 2.75) is 32.7 Å². The Kier molecular flexibility index (Phi) is 3.36. The summed E-state index contributed by atoms with van der Waals surface area (Å²) in [4.78, 5) is 13.6. The van der Waals surface area contributed by atoms with Crippen molar-refractivity contribution in [3.63, 3.8) is 0 Å². The van der Waals surface area contributed by atoms with Gasteiger partial charge in [-0.15, -0.1) is 0 Å². The molecule has 1 aromatic carbocycles. The van der Waals surface area contributed by atoms with Crippen LogP contribution in [0.1, 0.15) is 37.4 Å². The van der Waals surface area contributed by atoms with E-state index in [1.54, 1.807) is 14.0 Å². The summed E-state index contributed by atoms with van der Waals surface area (Å²) < 4.78 is 5.27. The van der Waals surface area contributed by atoms with E-state index in [0.29, 0.717) is 0 Å². The van der Waals surface area contributed by atoms with Crippen LogP contribution in [0.3, 0.4) is 0 Å². The van der Waals surface area contributed by atoms with Gasteiger partial charge in [0.05, 0.1) is 13.2 Å². The Labute approximate surface area is 102 Å². The fourth-order valence-corrected chi connectivity index (χ4v) is 2.62. The van der Waals surface area contributed by atoms with E-state index in [1.807, 2.05) is 11.0 Å². The zero-order valence-corrected chi connectivity index (χ0v) is 10.7. The van der Waals surface area contributed by atoms with Gasteiger partial charge in [0, 0.05) is 13.5 Å².